The smallest absolute Gasteiger partial charge is 0.433 e. The molecule has 1 aliphatic heterocycles. The Kier molecular flexibility index (Phi) is 7.90. The summed E-state index contributed by atoms with van der Waals surface area (Å²) in [6, 6.07) is 7.34. The number of thioether (sulfide) groups is 1. The van der Waals surface area contributed by atoms with E-state index in [1.165, 1.54) is 0 Å². The number of aromatic amines is 1. The highest BCUT2D eigenvalue weighted by Crippen LogP contribution is 2.36. The van der Waals surface area contributed by atoms with Gasteiger partial charge in [-0.25, -0.2) is 4.79 Å². The molecule has 1 aromatic carbocycles. The van der Waals surface area contributed by atoms with E-state index in [2.05, 4.69) is 5.10 Å². The number of aromatic nitrogens is 2. The van der Waals surface area contributed by atoms with E-state index in [-0.39, 0.29) is 18.4 Å². The highest BCUT2D eigenvalue weighted by molar-refractivity contribution is 7.99. The van der Waals surface area contributed by atoms with Gasteiger partial charge in [-0.2, -0.15) is 13.2 Å². The van der Waals surface area contributed by atoms with Crippen molar-refractivity contribution in [3.63, 3.8) is 0 Å². The Labute approximate surface area is 190 Å². The van der Waals surface area contributed by atoms with Crippen LogP contribution in [-0.4, -0.2) is 73.1 Å². The lowest BCUT2D eigenvalue weighted by molar-refractivity contribution is -0.271. The summed E-state index contributed by atoms with van der Waals surface area (Å²) >= 11 is 1.59. The van der Waals surface area contributed by atoms with Gasteiger partial charge in [-0.05, 0) is 36.3 Å². The molecule has 0 saturated carbocycles. The third-order valence-corrected chi connectivity index (χ3v) is 5.90. The van der Waals surface area contributed by atoms with Crippen LogP contribution in [0, 0.1) is 0 Å². The number of aliphatic hydroxyl groups is 3. The molecule has 13 heteroatoms. The molecule has 0 bridgehead atoms. The maximum atomic E-state index is 13.5. The topological polar surface area (TPSA) is 145 Å². The molecule has 2 heterocycles. The Balaban J connectivity index is 1.85. The number of aryl methyl sites for hydroxylation is 1. The summed E-state index contributed by atoms with van der Waals surface area (Å²) < 4.78 is 50.8. The van der Waals surface area contributed by atoms with Gasteiger partial charge in [-0.1, -0.05) is 19.1 Å². The molecule has 0 spiro atoms. The van der Waals surface area contributed by atoms with Gasteiger partial charge in [0.15, 0.2) is 6.10 Å². The normalized spacial score (nSPS) is 25.7. The molecule has 5 N–H and O–H groups in total. The Morgan fingerprint density at radius 1 is 1.21 bits per heavy atom. The van der Waals surface area contributed by atoms with Gasteiger partial charge in [-0.3, -0.25) is 5.10 Å². The highest BCUT2D eigenvalue weighted by atomic mass is 32.2. The molecular formula is C20H23F3N2O7S. The van der Waals surface area contributed by atoms with E-state index in [4.69, 9.17) is 14.6 Å². The zero-order chi connectivity index (χ0) is 24.3. The standard InChI is InChI=1S/C20H23F3N2O7S/c1-2-33-10-5-3-4-9(8-10)6-7-11-16(20(21,22)23)24-25-17(11)32-19-14(28)12(26)13(27)15(31-19)18(29)30/h3-5,8,12-15,19,26-28H,2,6-7H2,1H3,(H,24,25)(H,29,30)/t12-,13-,14+,15-,19-/m0/s1. The summed E-state index contributed by atoms with van der Waals surface area (Å²) in [5.41, 5.74) is -0.719. The Morgan fingerprint density at radius 3 is 2.58 bits per heavy atom. The number of nitrogens with zero attached hydrogens (tertiary/aromatic N) is 1. The molecule has 182 valence electrons. The number of aliphatic carboxylic acids is 1. The van der Waals surface area contributed by atoms with Gasteiger partial charge < -0.3 is 29.9 Å². The van der Waals surface area contributed by atoms with Crippen molar-refractivity contribution in [1.82, 2.24) is 10.2 Å². The third-order valence-electron chi connectivity index (χ3n) is 5.03. The van der Waals surface area contributed by atoms with Crippen molar-refractivity contribution >= 4 is 17.7 Å². The number of alkyl halides is 3. The summed E-state index contributed by atoms with van der Waals surface area (Å²) in [6.45, 7) is 1.98. The fraction of sp³-hybridized carbons (Fsp3) is 0.500. The van der Waals surface area contributed by atoms with Gasteiger partial charge in [-0.15, -0.1) is 16.9 Å². The number of hydrogen-bond acceptors (Lipinski definition) is 8. The number of ether oxygens (including phenoxy) is 2. The maximum absolute atomic E-state index is 13.5. The van der Waals surface area contributed by atoms with Crippen LogP contribution >= 0.6 is 11.8 Å². The van der Waals surface area contributed by atoms with Gasteiger partial charge >= 0.3 is 12.1 Å². The summed E-state index contributed by atoms with van der Waals surface area (Å²) in [5, 5.41) is 44.3. The van der Waals surface area contributed by atoms with Crippen LogP contribution in [0.25, 0.3) is 0 Å². The first-order chi connectivity index (χ1) is 15.5. The lowest BCUT2D eigenvalue weighted by atomic mass is 9.99. The first kappa shape index (κ1) is 25.3. The molecule has 3 rings (SSSR count). The lowest BCUT2D eigenvalue weighted by Gasteiger charge is -2.38. The summed E-state index contributed by atoms with van der Waals surface area (Å²) in [5.74, 6) is -1.37. The van der Waals surface area contributed by atoms with Crippen molar-refractivity contribution < 1.29 is 47.9 Å². The second-order valence-electron chi connectivity index (χ2n) is 7.31. The van der Waals surface area contributed by atoms with E-state index in [0.717, 1.165) is 16.2 Å². The van der Waals surface area contributed by atoms with E-state index in [9.17, 15) is 33.3 Å². The molecule has 0 radical (unpaired) electrons. The largest absolute Gasteiger partial charge is 0.479 e. The van der Waals surface area contributed by atoms with Gasteiger partial charge in [0.25, 0.3) is 0 Å². The number of benzene rings is 1. The predicted molar refractivity (Wildman–Crippen MR) is 109 cm³/mol. The van der Waals surface area contributed by atoms with E-state index >= 15 is 0 Å². The van der Waals surface area contributed by atoms with Gasteiger partial charge in [0.1, 0.15) is 24.0 Å². The molecule has 0 amide bonds. The van der Waals surface area contributed by atoms with Crippen LogP contribution in [0.4, 0.5) is 13.2 Å². The van der Waals surface area contributed by atoms with Crippen molar-refractivity contribution in [3.8, 4) is 5.88 Å². The summed E-state index contributed by atoms with van der Waals surface area (Å²) in [6.07, 6.45) is -14.4. The van der Waals surface area contributed by atoms with Gasteiger partial charge in [0.05, 0.1) is 0 Å². The number of aliphatic hydroxyl groups excluding tert-OH is 3. The summed E-state index contributed by atoms with van der Waals surface area (Å²) in [7, 11) is 0. The van der Waals surface area contributed by atoms with Crippen LogP contribution < -0.4 is 4.74 Å². The zero-order valence-corrected chi connectivity index (χ0v) is 18.1. The highest BCUT2D eigenvalue weighted by Gasteiger charge is 2.49. The number of carbonyl (C=O) groups is 1. The Bertz CT molecular complexity index is 971. The molecule has 9 nitrogen and oxygen atoms in total. The van der Waals surface area contributed by atoms with Crippen molar-refractivity contribution in [1.29, 1.82) is 0 Å². The second kappa shape index (κ2) is 10.3. The molecule has 0 aliphatic carbocycles. The van der Waals surface area contributed by atoms with E-state index < -0.39 is 54.4 Å². The van der Waals surface area contributed by atoms with Crippen molar-refractivity contribution in [3.05, 3.63) is 41.1 Å². The first-order valence-electron chi connectivity index (χ1n) is 9.98. The molecule has 1 aromatic heterocycles. The molecule has 33 heavy (non-hydrogen) atoms. The number of carboxylic acid groups (broad SMARTS) is 1. The van der Waals surface area contributed by atoms with Crippen LogP contribution in [0.2, 0.25) is 0 Å². The number of hydrogen-bond donors (Lipinski definition) is 5. The van der Waals surface area contributed by atoms with Crippen LogP contribution in [0.3, 0.4) is 0 Å². The van der Waals surface area contributed by atoms with Crippen LogP contribution in [0.15, 0.2) is 29.2 Å². The van der Waals surface area contributed by atoms with Gasteiger partial charge in [0.2, 0.25) is 12.2 Å². The number of halogens is 3. The van der Waals surface area contributed by atoms with Crippen LogP contribution in [0.1, 0.15) is 23.7 Å². The molecule has 1 saturated heterocycles. The molecule has 1 aliphatic rings. The average Bonchev–Trinajstić information content (AvgIpc) is 3.16. The molecule has 2 aromatic rings. The number of H-pyrrole nitrogens is 1. The molecule has 0 unspecified atom stereocenters. The number of carboxylic acids is 1. The summed E-state index contributed by atoms with van der Waals surface area (Å²) in [4.78, 5) is 12.2. The van der Waals surface area contributed by atoms with E-state index in [1.807, 2.05) is 24.2 Å². The SMILES string of the molecule is CCSc1cccc(CCc2c(O[C@@H]3O[C@H](C(=O)O)[C@@H](O)[C@H](O)[C@H]3O)n[nH]c2C(F)(F)F)c1. The van der Waals surface area contributed by atoms with Crippen molar-refractivity contribution in [2.24, 2.45) is 0 Å². The molecule has 5 atom stereocenters. The monoisotopic (exact) mass is 492 g/mol. The number of nitrogens with one attached hydrogen (secondary N) is 1. The Hall–Kier alpha value is -2.32. The van der Waals surface area contributed by atoms with Crippen LogP contribution in [0.5, 0.6) is 5.88 Å². The fourth-order valence-electron chi connectivity index (χ4n) is 3.40. The average molecular weight is 492 g/mol. The minimum atomic E-state index is -4.78. The van der Waals surface area contributed by atoms with Gasteiger partial charge in [0, 0.05) is 10.5 Å². The fourth-order valence-corrected chi connectivity index (χ4v) is 4.14. The zero-order valence-electron chi connectivity index (χ0n) is 17.3. The maximum Gasteiger partial charge on any atom is 0.433 e. The predicted octanol–water partition coefficient (Wildman–Crippen LogP) is 1.60. The Morgan fingerprint density at radius 2 is 1.94 bits per heavy atom. The lowest BCUT2D eigenvalue weighted by Crippen LogP contribution is -2.61. The molecular weight excluding hydrogens is 469 g/mol. The van der Waals surface area contributed by atoms with Crippen molar-refractivity contribution in [2.75, 3.05) is 5.75 Å². The minimum absolute atomic E-state index is 0.142. The minimum Gasteiger partial charge on any atom is -0.479 e. The second-order valence-corrected chi connectivity index (χ2v) is 8.65. The quantitative estimate of drug-likeness (QED) is 0.347. The van der Waals surface area contributed by atoms with Crippen LogP contribution in [-0.2, 0) is 28.5 Å². The first-order valence-corrected chi connectivity index (χ1v) is 11.0. The molecule has 1 fully saturated rings. The van der Waals surface area contributed by atoms with E-state index in [0.29, 0.717) is 0 Å². The number of rotatable bonds is 8. The van der Waals surface area contributed by atoms with E-state index in [1.54, 1.807) is 23.9 Å². The third kappa shape index (κ3) is 5.79. The van der Waals surface area contributed by atoms with Crippen molar-refractivity contribution in [2.45, 2.75) is 61.5 Å².